The van der Waals surface area contributed by atoms with Crippen molar-refractivity contribution in [3.8, 4) is 5.75 Å². The molecule has 24 heavy (non-hydrogen) atoms. The Balaban J connectivity index is 1.80. The highest BCUT2D eigenvalue weighted by atomic mass is 16.5. The first-order chi connectivity index (χ1) is 11.7. The second-order valence-corrected chi connectivity index (χ2v) is 5.26. The van der Waals surface area contributed by atoms with Crippen molar-refractivity contribution in [2.45, 2.75) is 18.9 Å². The van der Waals surface area contributed by atoms with Crippen LogP contribution >= 0.6 is 0 Å². The zero-order valence-electron chi connectivity index (χ0n) is 13.5. The van der Waals surface area contributed by atoms with Crippen LogP contribution in [0, 0.1) is 0 Å². The zero-order valence-corrected chi connectivity index (χ0v) is 13.5. The highest BCUT2D eigenvalue weighted by Gasteiger charge is 2.19. The molecule has 0 bridgehead atoms. The number of aliphatic hydroxyl groups excluding tert-OH is 1. The van der Waals surface area contributed by atoms with Crippen LogP contribution < -0.4 is 10.1 Å². The Hall–Kier alpha value is -2.60. The van der Waals surface area contributed by atoms with E-state index in [1.165, 1.54) is 7.11 Å². The van der Waals surface area contributed by atoms with E-state index in [2.05, 4.69) is 10.1 Å². The Labute approximate surface area is 140 Å². The summed E-state index contributed by atoms with van der Waals surface area (Å²) in [5, 5.41) is 13.6. The molecule has 128 valence electrons. The van der Waals surface area contributed by atoms with Gasteiger partial charge in [0.25, 0.3) is 0 Å². The van der Waals surface area contributed by atoms with Gasteiger partial charge in [0.2, 0.25) is 5.91 Å². The maximum Gasteiger partial charge on any atom is 0.330 e. The van der Waals surface area contributed by atoms with Gasteiger partial charge in [-0.2, -0.15) is 0 Å². The molecule has 0 radical (unpaired) electrons. The first-order valence-corrected chi connectivity index (χ1v) is 7.74. The summed E-state index contributed by atoms with van der Waals surface area (Å²) in [6, 6.07) is 12.7. The van der Waals surface area contributed by atoms with Crippen LogP contribution in [-0.2, 0) is 14.3 Å². The number of fused-ring (bicyclic) bond motifs is 1. The minimum atomic E-state index is -1.03. The van der Waals surface area contributed by atoms with Crippen LogP contribution in [-0.4, -0.2) is 43.3 Å². The molecule has 0 aromatic heterocycles. The van der Waals surface area contributed by atoms with Crippen molar-refractivity contribution in [1.29, 1.82) is 0 Å². The van der Waals surface area contributed by atoms with E-state index >= 15 is 0 Å². The number of aliphatic hydroxyl groups is 1. The largest absolute Gasteiger partial charge is 0.493 e. The van der Waals surface area contributed by atoms with Gasteiger partial charge >= 0.3 is 5.97 Å². The number of amides is 1. The Morgan fingerprint density at radius 3 is 2.67 bits per heavy atom. The number of esters is 1. The molecule has 0 aliphatic rings. The minimum Gasteiger partial charge on any atom is -0.493 e. The number of rotatable bonds is 8. The molecule has 6 heteroatoms. The van der Waals surface area contributed by atoms with Gasteiger partial charge in [-0.25, -0.2) is 4.79 Å². The average molecular weight is 331 g/mol. The van der Waals surface area contributed by atoms with Crippen LogP contribution in [0.2, 0.25) is 0 Å². The first-order valence-electron chi connectivity index (χ1n) is 7.74. The lowest BCUT2D eigenvalue weighted by Crippen LogP contribution is -2.44. The van der Waals surface area contributed by atoms with Crippen molar-refractivity contribution in [3.63, 3.8) is 0 Å². The van der Waals surface area contributed by atoms with Gasteiger partial charge in [0.15, 0.2) is 6.04 Å². The molecule has 2 N–H and O–H groups in total. The van der Waals surface area contributed by atoms with Crippen LogP contribution in [0.1, 0.15) is 12.8 Å². The highest BCUT2D eigenvalue weighted by Crippen LogP contribution is 2.25. The van der Waals surface area contributed by atoms with Gasteiger partial charge in [0.1, 0.15) is 5.75 Å². The van der Waals surface area contributed by atoms with Gasteiger partial charge < -0.3 is 19.9 Å². The molecule has 1 atom stereocenters. The van der Waals surface area contributed by atoms with E-state index in [0.29, 0.717) is 13.0 Å². The van der Waals surface area contributed by atoms with E-state index in [1.54, 1.807) is 0 Å². The maximum absolute atomic E-state index is 11.8. The summed E-state index contributed by atoms with van der Waals surface area (Å²) in [6.07, 6.45) is 0.687. The molecule has 2 rings (SSSR count). The Morgan fingerprint density at radius 1 is 1.17 bits per heavy atom. The summed E-state index contributed by atoms with van der Waals surface area (Å²) in [6.45, 7) is -0.117. The molecular weight excluding hydrogens is 310 g/mol. The second-order valence-electron chi connectivity index (χ2n) is 5.26. The average Bonchev–Trinajstić information content (AvgIpc) is 2.62. The number of hydrogen-bond donors (Lipinski definition) is 2. The lowest BCUT2D eigenvalue weighted by atomic mass is 10.1. The SMILES string of the molecule is COC(=O)[C@@H](CO)NC(=O)CCCOc1cccc2ccccc12. The molecule has 0 fully saturated rings. The van der Waals surface area contributed by atoms with E-state index in [-0.39, 0.29) is 12.3 Å². The Morgan fingerprint density at radius 2 is 1.92 bits per heavy atom. The summed E-state index contributed by atoms with van der Waals surface area (Å²) < 4.78 is 10.2. The molecule has 0 saturated heterocycles. The van der Waals surface area contributed by atoms with Crippen molar-refractivity contribution in [2.24, 2.45) is 0 Å². The third-order valence-corrected chi connectivity index (χ3v) is 3.56. The van der Waals surface area contributed by atoms with E-state index in [0.717, 1.165) is 16.5 Å². The fraction of sp³-hybridized carbons (Fsp3) is 0.333. The van der Waals surface area contributed by atoms with Crippen molar-refractivity contribution >= 4 is 22.6 Å². The van der Waals surface area contributed by atoms with Gasteiger partial charge in [-0.1, -0.05) is 36.4 Å². The zero-order chi connectivity index (χ0) is 17.4. The van der Waals surface area contributed by atoms with Gasteiger partial charge in [-0.3, -0.25) is 4.79 Å². The summed E-state index contributed by atoms with van der Waals surface area (Å²) in [5.74, 6) is -0.227. The van der Waals surface area contributed by atoms with Crippen LogP contribution in [0.15, 0.2) is 42.5 Å². The first kappa shape index (κ1) is 17.7. The summed E-state index contributed by atoms with van der Waals surface area (Å²) >= 11 is 0. The van der Waals surface area contributed by atoms with E-state index in [1.807, 2.05) is 42.5 Å². The van der Waals surface area contributed by atoms with Crippen molar-refractivity contribution < 1.29 is 24.2 Å². The highest BCUT2D eigenvalue weighted by molar-refractivity contribution is 5.88. The molecule has 0 heterocycles. The molecule has 2 aromatic carbocycles. The Kier molecular flexibility index (Phi) is 6.57. The lowest BCUT2D eigenvalue weighted by Gasteiger charge is -2.14. The smallest absolute Gasteiger partial charge is 0.330 e. The molecule has 0 aliphatic carbocycles. The summed E-state index contributed by atoms with van der Waals surface area (Å²) in [7, 11) is 1.20. The molecular formula is C18H21NO5. The second kappa shape index (κ2) is 8.88. The summed E-state index contributed by atoms with van der Waals surface area (Å²) in [4.78, 5) is 23.1. The molecule has 0 unspecified atom stereocenters. The predicted octanol–water partition coefficient (Wildman–Crippen LogP) is 1.65. The fourth-order valence-corrected chi connectivity index (χ4v) is 2.32. The van der Waals surface area contributed by atoms with Crippen LogP contribution in [0.25, 0.3) is 10.8 Å². The molecule has 0 aliphatic heterocycles. The summed E-state index contributed by atoms with van der Waals surface area (Å²) in [5.41, 5.74) is 0. The minimum absolute atomic E-state index is 0.193. The Bertz CT molecular complexity index is 695. The predicted molar refractivity (Wildman–Crippen MR) is 89.7 cm³/mol. The van der Waals surface area contributed by atoms with Crippen LogP contribution in [0.3, 0.4) is 0 Å². The number of ether oxygens (including phenoxy) is 2. The third kappa shape index (κ3) is 4.70. The van der Waals surface area contributed by atoms with Crippen LogP contribution in [0.4, 0.5) is 0 Å². The number of methoxy groups -OCH3 is 1. The number of nitrogens with one attached hydrogen (secondary N) is 1. The number of hydrogen-bond acceptors (Lipinski definition) is 5. The normalized spacial score (nSPS) is 11.8. The maximum atomic E-state index is 11.8. The van der Waals surface area contributed by atoms with Gasteiger partial charge in [0.05, 0.1) is 20.3 Å². The van der Waals surface area contributed by atoms with Gasteiger partial charge in [-0.05, 0) is 17.9 Å². The third-order valence-electron chi connectivity index (χ3n) is 3.56. The molecule has 0 saturated carbocycles. The molecule has 0 spiro atoms. The van der Waals surface area contributed by atoms with Crippen molar-refractivity contribution in [1.82, 2.24) is 5.32 Å². The quantitative estimate of drug-likeness (QED) is 0.567. The van der Waals surface area contributed by atoms with Gasteiger partial charge in [-0.15, -0.1) is 0 Å². The lowest BCUT2D eigenvalue weighted by molar-refractivity contribution is -0.146. The topological polar surface area (TPSA) is 84.9 Å². The van der Waals surface area contributed by atoms with Crippen molar-refractivity contribution in [3.05, 3.63) is 42.5 Å². The van der Waals surface area contributed by atoms with Gasteiger partial charge in [0, 0.05) is 11.8 Å². The monoisotopic (exact) mass is 331 g/mol. The fourth-order valence-electron chi connectivity index (χ4n) is 2.32. The van der Waals surface area contributed by atoms with E-state index < -0.39 is 18.6 Å². The number of carbonyl (C=O) groups is 2. The standard InChI is InChI=1S/C18H21NO5/c1-23-18(22)15(12-20)19-17(21)10-5-11-24-16-9-4-7-13-6-2-3-8-14(13)16/h2-4,6-9,15,20H,5,10-12H2,1H3,(H,19,21)/t15-/m1/s1. The molecule has 2 aromatic rings. The number of benzene rings is 2. The number of carbonyl (C=O) groups excluding carboxylic acids is 2. The van der Waals surface area contributed by atoms with Crippen molar-refractivity contribution in [2.75, 3.05) is 20.3 Å². The van der Waals surface area contributed by atoms with Crippen LogP contribution in [0.5, 0.6) is 5.75 Å². The van der Waals surface area contributed by atoms with E-state index in [9.17, 15) is 9.59 Å². The molecule has 1 amide bonds. The molecule has 6 nitrogen and oxygen atoms in total. The van der Waals surface area contributed by atoms with E-state index in [4.69, 9.17) is 9.84 Å².